The summed E-state index contributed by atoms with van der Waals surface area (Å²) in [6.45, 7) is 14.0. The van der Waals surface area contributed by atoms with Gasteiger partial charge in [0.05, 0.1) is 6.04 Å². The second-order valence-electron chi connectivity index (χ2n) is 11.3. The van der Waals surface area contributed by atoms with Crippen molar-refractivity contribution in [3.05, 3.63) is 92.7 Å². The number of carbonyl (C=O) groups is 2. The normalized spacial score (nSPS) is 15.6. The third kappa shape index (κ3) is 5.57. The number of nitrogens with zero attached hydrogens (tertiary/aromatic N) is 2. The van der Waals surface area contributed by atoms with Crippen molar-refractivity contribution in [2.75, 3.05) is 19.6 Å². The lowest BCUT2D eigenvalue weighted by molar-refractivity contribution is -0.134. The summed E-state index contributed by atoms with van der Waals surface area (Å²) in [5.74, 6) is 0.172. The molecule has 0 aliphatic carbocycles. The highest BCUT2D eigenvalue weighted by molar-refractivity contribution is 7.10. The van der Waals surface area contributed by atoms with Crippen molar-refractivity contribution in [3.8, 4) is 0 Å². The van der Waals surface area contributed by atoms with Crippen molar-refractivity contribution < 1.29 is 9.59 Å². The molecule has 1 aliphatic heterocycles. The Kier molecular flexibility index (Phi) is 7.70. The fourth-order valence-corrected chi connectivity index (χ4v) is 5.93. The van der Waals surface area contributed by atoms with Crippen LogP contribution >= 0.6 is 11.3 Å². The van der Waals surface area contributed by atoms with E-state index in [1.807, 2.05) is 41.3 Å². The smallest absolute Gasteiger partial charge is 0.254 e. The van der Waals surface area contributed by atoms with Gasteiger partial charge in [0, 0.05) is 23.5 Å². The molecule has 1 unspecified atom stereocenters. The first-order valence-corrected chi connectivity index (χ1v) is 13.7. The zero-order valence-electron chi connectivity index (χ0n) is 22.4. The van der Waals surface area contributed by atoms with Gasteiger partial charge < -0.3 is 9.80 Å². The molecule has 2 heterocycles. The van der Waals surface area contributed by atoms with Crippen LogP contribution in [0, 0.1) is 12.8 Å². The molecule has 0 N–H and O–H groups in total. The standard InChI is InChI=1S/C31H38N2O2S/c1-21(2)19-32(30(35)23-11-13-24(14-12-23)31(4,5)6)20-28(34)33-17-15-27-26(16-18-36-27)29(33)25-10-8-7-9-22(25)3/h7-14,16,18,21,29H,15,17,19-20H2,1-6H3. The van der Waals surface area contributed by atoms with Crippen LogP contribution in [0.25, 0.3) is 0 Å². The quantitative estimate of drug-likeness (QED) is 0.380. The van der Waals surface area contributed by atoms with Crippen LogP contribution in [0.4, 0.5) is 0 Å². The Morgan fingerprint density at radius 2 is 1.72 bits per heavy atom. The molecule has 3 aromatic rings. The van der Waals surface area contributed by atoms with Crippen LogP contribution in [0.1, 0.15) is 78.1 Å². The van der Waals surface area contributed by atoms with Crippen molar-refractivity contribution in [3.63, 3.8) is 0 Å². The van der Waals surface area contributed by atoms with Gasteiger partial charge in [0.2, 0.25) is 5.91 Å². The molecule has 1 aromatic heterocycles. The first-order chi connectivity index (χ1) is 17.1. The highest BCUT2D eigenvalue weighted by Crippen LogP contribution is 2.39. The van der Waals surface area contributed by atoms with Crippen LogP contribution < -0.4 is 0 Å². The average molecular weight is 503 g/mol. The number of fused-ring (bicyclic) bond motifs is 1. The number of thiophene rings is 1. The molecule has 0 fully saturated rings. The Balaban J connectivity index is 1.61. The lowest BCUT2D eigenvalue weighted by Gasteiger charge is -2.38. The van der Waals surface area contributed by atoms with Crippen molar-refractivity contribution in [1.29, 1.82) is 0 Å². The number of hydrogen-bond donors (Lipinski definition) is 0. The molecule has 4 rings (SSSR count). The molecule has 1 atom stereocenters. The van der Waals surface area contributed by atoms with E-state index in [4.69, 9.17) is 0 Å². The Morgan fingerprint density at radius 1 is 1.03 bits per heavy atom. The van der Waals surface area contributed by atoms with Gasteiger partial charge in [-0.2, -0.15) is 0 Å². The number of benzene rings is 2. The van der Waals surface area contributed by atoms with Gasteiger partial charge in [-0.25, -0.2) is 0 Å². The Bertz CT molecular complexity index is 1220. The first-order valence-electron chi connectivity index (χ1n) is 12.9. The van der Waals surface area contributed by atoms with Crippen molar-refractivity contribution in [1.82, 2.24) is 9.80 Å². The van der Waals surface area contributed by atoms with Crippen LogP contribution in [0.3, 0.4) is 0 Å². The lowest BCUT2D eigenvalue weighted by atomic mass is 9.86. The monoisotopic (exact) mass is 502 g/mol. The van der Waals surface area contributed by atoms with Crippen LogP contribution in [0.15, 0.2) is 60.0 Å². The molecule has 190 valence electrons. The molecule has 4 nitrogen and oxygen atoms in total. The number of rotatable bonds is 6. The third-order valence-corrected chi connectivity index (χ3v) is 7.96. The van der Waals surface area contributed by atoms with E-state index in [1.165, 1.54) is 21.6 Å². The molecule has 0 spiro atoms. The summed E-state index contributed by atoms with van der Waals surface area (Å²) in [5.41, 5.74) is 5.39. The zero-order chi connectivity index (χ0) is 26.0. The van der Waals surface area contributed by atoms with E-state index in [2.05, 4.69) is 65.1 Å². The van der Waals surface area contributed by atoms with Gasteiger partial charge >= 0.3 is 0 Å². The highest BCUT2D eigenvalue weighted by Gasteiger charge is 2.34. The minimum atomic E-state index is -0.115. The fourth-order valence-electron chi connectivity index (χ4n) is 5.02. The maximum Gasteiger partial charge on any atom is 0.254 e. The summed E-state index contributed by atoms with van der Waals surface area (Å²) in [5, 5.41) is 2.12. The van der Waals surface area contributed by atoms with Gasteiger partial charge in [-0.15, -0.1) is 11.3 Å². The summed E-state index contributed by atoms with van der Waals surface area (Å²) in [6.07, 6.45) is 0.855. The van der Waals surface area contributed by atoms with Crippen LogP contribution in [0.5, 0.6) is 0 Å². The maximum absolute atomic E-state index is 13.9. The predicted octanol–water partition coefficient (Wildman–Crippen LogP) is 6.63. The van der Waals surface area contributed by atoms with E-state index >= 15 is 0 Å². The van der Waals surface area contributed by atoms with E-state index in [1.54, 1.807) is 16.2 Å². The van der Waals surface area contributed by atoms with Gasteiger partial charge in [0.1, 0.15) is 6.54 Å². The lowest BCUT2D eigenvalue weighted by Crippen LogP contribution is -2.47. The average Bonchev–Trinajstić information content (AvgIpc) is 3.31. The maximum atomic E-state index is 13.9. The number of aryl methyl sites for hydroxylation is 1. The second kappa shape index (κ2) is 10.6. The third-order valence-electron chi connectivity index (χ3n) is 6.97. The molecular formula is C31H38N2O2S. The largest absolute Gasteiger partial charge is 0.330 e. The number of amides is 2. The molecule has 0 saturated heterocycles. The van der Waals surface area contributed by atoms with Crippen molar-refractivity contribution in [2.24, 2.45) is 5.92 Å². The van der Waals surface area contributed by atoms with Crippen LogP contribution in [-0.4, -0.2) is 41.2 Å². The Labute approximate surface area is 219 Å². The van der Waals surface area contributed by atoms with E-state index in [0.717, 1.165) is 12.0 Å². The van der Waals surface area contributed by atoms with E-state index < -0.39 is 0 Å². The molecule has 0 saturated carbocycles. The van der Waals surface area contributed by atoms with Crippen molar-refractivity contribution in [2.45, 2.75) is 59.4 Å². The first kappa shape index (κ1) is 26.2. The zero-order valence-corrected chi connectivity index (χ0v) is 23.2. The SMILES string of the molecule is Cc1ccccc1C1c2ccsc2CCN1C(=O)CN(CC(C)C)C(=O)c1ccc(C(C)(C)C)cc1. The summed E-state index contributed by atoms with van der Waals surface area (Å²) in [6, 6.07) is 18.2. The Morgan fingerprint density at radius 3 is 2.36 bits per heavy atom. The minimum Gasteiger partial charge on any atom is -0.330 e. The summed E-state index contributed by atoms with van der Waals surface area (Å²) >= 11 is 1.77. The summed E-state index contributed by atoms with van der Waals surface area (Å²) in [4.78, 5) is 32.5. The van der Waals surface area contributed by atoms with Gasteiger partial charge in [0.15, 0.2) is 0 Å². The van der Waals surface area contributed by atoms with E-state index in [9.17, 15) is 9.59 Å². The minimum absolute atomic E-state index is 0.000384. The van der Waals surface area contributed by atoms with E-state index in [-0.39, 0.29) is 35.7 Å². The van der Waals surface area contributed by atoms with Gasteiger partial charge in [-0.3, -0.25) is 9.59 Å². The summed E-state index contributed by atoms with van der Waals surface area (Å²) < 4.78 is 0. The number of hydrogen-bond acceptors (Lipinski definition) is 3. The van der Waals surface area contributed by atoms with Crippen LogP contribution in [-0.2, 0) is 16.6 Å². The predicted molar refractivity (Wildman–Crippen MR) is 149 cm³/mol. The second-order valence-corrected chi connectivity index (χ2v) is 12.3. The molecule has 2 amide bonds. The van der Waals surface area contributed by atoms with Gasteiger partial charge in [0.25, 0.3) is 5.91 Å². The summed E-state index contributed by atoms with van der Waals surface area (Å²) in [7, 11) is 0. The van der Waals surface area contributed by atoms with Gasteiger partial charge in [-0.05, 0) is 70.5 Å². The Hall–Kier alpha value is -2.92. The van der Waals surface area contributed by atoms with Crippen molar-refractivity contribution >= 4 is 23.2 Å². The molecule has 0 radical (unpaired) electrons. The molecule has 0 bridgehead atoms. The van der Waals surface area contributed by atoms with E-state index in [0.29, 0.717) is 18.7 Å². The molecular weight excluding hydrogens is 464 g/mol. The molecule has 2 aromatic carbocycles. The molecule has 5 heteroatoms. The number of carbonyl (C=O) groups excluding carboxylic acids is 2. The topological polar surface area (TPSA) is 40.6 Å². The molecule has 1 aliphatic rings. The fraction of sp³-hybridized carbons (Fsp3) is 0.419. The molecule has 36 heavy (non-hydrogen) atoms. The van der Waals surface area contributed by atoms with Crippen LogP contribution in [0.2, 0.25) is 0 Å². The highest BCUT2D eigenvalue weighted by atomic mass is 32.1. The van der Waals surface area contributed by atoms with Gasteiger partial charge in [-0.1, -0.05) is 71.0 Å².